The number of allylic oxidation sites excluding steroid dienone is 1. The topological polar surface area (TPSA) is 64.7 Å². The minimum absolute atomic E-state index is 0.269. The van der Waals surface area contributed by atoms with Crippen LogP contribution in [0.3, 0.4) is 0 Å². The van der Waals surface area contributed by atoms with Crippen molar-refractivity contribution in [1.29, 1.82) is 0 Å². The van der Waals surface area contributed by atoms with Gasteiger partial charge in [-0.1, -0.05) is 24.3 Å². The second-order valence-corrected chi connectivity index (χ2v) is 7.59. The number of fused-ring (bicyclic) bond motifs is 3. The highest BCUT2D eigenvalue weighted by Gasteiger charge is 2.30. The number of nitrogens with zero attached hydrogens (tertiary/aromatic N) is 2. The van der Waals surface area contributed by atoms with Crippen molar-refractivity contribution in [1.82, 2.24) is 4.98 Å². The van der Waals surface area contributed by atoms with Gasteiger partial charge in [0.25, 0.3) is 0 Å². The molecule has 134 valence electrons. The quantitative estimate of drug-likeness (QED) is 0.495. The van der Waals surface area contributed by atoms with Crippen LogP contribution in [-0.4, -0.2) is 16.5 Å². The number of oxazole rings is 1. The lowest BCUT2D eigenvalue weighted by molar-refractivity contribution is -0.135. The zero-order valence-corrected chi connectivity index (χ0v) is 15.3. The molecular weight excluding hydrogens is 340 g/mol. The average Bonchev–Trinajstić information content (AvgIpc) is 3.03. The highest BCUT2D eigenvalue weighted by Crippen LogP contribution is 2.28. The summed E-state index contributed by atoms with van der Waals surface area (Å²) in [5.74, 6) is -0.177. The number of carbonyl (C=O) groups is 1. The van der Waals surface area contributed by atoms with Crippen LogP contribution in [0.15, 0.2) is 51.9 Å². The van der Waals surface area contributed by atoms with E-state index in [0.717, 1.165) is 27.2 Å². The molecule has 27 heavy (non-hydrogen) atoms. The van der Waals surface area contributed by atoms with Crippen molar-refractivity contribution in [2.75, 3.05) is 0 Å². The van der Waals surface area contributed by atoms with E-state index in [2.05, 4.69) is 31.8 Å². The Hall–Kier alpha value is -3.21. The third-order valence-electron chi connectivity index (χ3n) is 4.92. The SMILES string of the molecule is CC1=CC(C)(C)N=c2cc3c(cc21)=CC(c1nc2ccccc2o1)C(=O)O3. The molecule has 3 aromatic rings. The number of para-hydroxylation sites is 2. The number of aromatic nitrogens is 1. The van der Waals surface area contributed by atoms with Crippen LogP contribution in [0.5, 0.6) is 5.75 Å². The van der Waals surface area contributed by atoms with Crippen molar-refractivity contribution in [2.24, 2.45) is 4.99 Å². The molecule has 5 nitrogen and oxygen atoms in total. The first kappa shape index (κ1) is 16.0. The normalized spacial score (nSPS) is 20.0. The Morgan fingerprint density at radius 3 is 2.78 bits per heavy atom. The number of hydrogen-bond donors (Lipinski definition) is 0. The maximum absolute atomic E-state index is 12.6. The maximum Gasteiger partial charge on any atom is 0.327 e. The van der Waals surface area contributed by atoms with Crippen molar-refractivity contribution in [3.63, 3.8) is 0 Å². The highest BCUT2D eigenvalue weighted by molar-refractivity contribution is 5.89. The van der Waals surface area contributed by atoms with Gasteiger partial charge in [0.05, 0.1) is 10.9 Å². The highest BCUT2D eigenvalue weighted by atomic mass is 16.5. The van der Waals surface area contributed by atoms with Gasteiger partial charge in [-0.15, -0.1) is 0 Å². The Morgan fingerprint density at radius 2 is 1.96 bits per heavy atom. The summed E-state index contributed by atoms with van der Waals surface area (Å²) in [6, 6.07) is 11.3. The second-order valence-electron chi connectivity index (χ2n) is 7.59. The van der Waals surface area contributed by atoms with Crippen molar-refractivity contribution in [3.8, 4) is 5.75 Å². The number of ether oxygens (including phenoxy) is 1. The molecule has 0 saturated carbocycles. The largest absolute Gasteiger partial charge is 0.439 e. The molecule has 5 rings (SSSR count). The summed E-state index contributed by atoms with van der Waals surface area (Å²) in [6.07, 6.45) is 4.01. The van der Waals surface area contributed by atoms with Crippen molar-refractivity contribution >= 4 is 28.7 Å². The van der Waals surface area contributed by atoms with Gasteiger partial charge in [0, 0.05) is 16.8 Å². The number of esters is 1. The fourth-order valence-corrected chi connectivity index (χ4v) is 3.78. The monoisotopic (exact) mass is 358 g/mol. The third-order valence-corrected chi connectivity index (χ3v) is 4.92. The molecule has 0 fully saturated rings. The van der Waals surface area contributed by atoms with Crippen LogP contribution in [0.4, 0.5) is 0 Å². The molecule has 0 bridgehead atoms. The van der Waals surface area contributed by atoms with E-state index in [4.69, 9.17) is 14.1 Å². The number of carbonyl (C=O) groups excluding carboxylic acids is 1. The van der Waals surface area contributed by atoms with Crippen molar-refractivity contribution in [2.45, 2.75) is 32.2 Å². The molecule has 0 aliphatic carbocycles. The number of rotatable bonds is 1. The summed E-state index contributed by atoms with van der Waals surface area (Å²) in [6.45, 7) is 6.19. The van der Waals surface area contributed by atoms with Gasteiger partial charge in [0.15, 0.2) is 11.5 Å². The van der Waals surface area contributed by atoms with Gasteiger partial charge in [0.1, 0.15) is 11.3 Å². The van der Waals surface area contributed by atoms with Crippen molar-refractivity contribution < 1.29 is 13.9 Å². The van der Waals surface area contributed by atoms with Crippen LogP contribution in [0.1, 0.15) is 38.1 Å². The summed E-state index contributed by atoms with van der Waals surface area (Å²) in [4.78, 5) is 21.8. The Balaban J connectivity index is 1.68. The lowest BCUT2D eigenvalue weighted by atomic mass is 9.93. The minimum Gasteiger partial charge on any atom is -0.439 e. The smallest absolute Gasteiger partial charge is 0.327 e. The molecule has 3 heterocycles. The van der Waals surface area contributed by atoms with Gasteiger partial charge in [0.2, 0.25) is 5.89 Å². The van der Waals surface area contributed by atoms with Gasteiger partial charge in [-0.2, -0.15) is 0 Å². The summed E-state index contributed by atoms with van der Waals surface area (Å²) in [5.41, 5.74) is 3.33. The molecule has 2 aromatic carbocycles. The zero-order chi connectivity index (χ0) is 18.8. The van der Waals surface area contributed by atoms with Crippen LogP contribution in [0, 0.1) is 0 Å². The first-order valence-corrected chi connectivity index (χ1v) is 8.92. The molecule has 0 N–H and O–H groups in total. The molecular formula is C22H18N2O3. The maximum atomic E-state index is 12.6. The predicted octanol–water partition coefficient (Wildman–Crippen LogP) is 3.13. The van der Waals surface area contributed by atoms with Crippen LogP contribution in [0.25, 0.3) is 22.7 Å². The Kier molecular flexibility index (Phi) is 3.20. The van der Waals surface area contributed by atoms with E-state index in [-0.39, 0.29) is 5.54 Å². The minimum atomic E-state index is -0.663. The summed E-state index contributed by atoms with van der Waals surface area (Å²) >= 11 is 0. The fraction of sp³-hybridized carbons (Fsp3) is 0.227. The summed E-state index contributed by atoms with van der Waals surface area (Å²) < 4.78 is 11.4. The fourth-order valence-electron chi connectivity index (χ4n) is 3.78. The van der Waals surface area contributed by atoms with Gasteiger partial charge >= 0.3 is 5.97 Å². The molecule has 0 radical (unpaired) electrons. The third kappa shape index (κ3) is 2.58. The number of hydrogen-bond acceptors (Lipinski definition) is 5. The van der Waals surface area contributed by atoms with Gasteiger partial charge < -0.3 is 9.15 Å². The predicted molar refractivity (Wildman–Crippen MR) is 102 cm³/mol. The second kappa shape index (κ2) is 5.39. The lowest BCUT2D eigenvalue weighted by Gasteiger charge is -2.23. The average molecular weight is 358 g/mol. The number of benzene rings is 2. The van der Waals surface area contributed by atoms with E-state index in [9.17, 15) is 4.79 Å². The first-order valence-electron chi connectivity index (χ1n) is 8.92. The van der Waals surface area contributed by atoms with E-state index < -0.39 is 11.9 Å². The Bertz CT molecular complexity index is 1230. The molecule has 2 aliphatic heterocycles. The van der Waals surface area contributed by atoms with E-state index in [0.29, 0.717) is 17.2 Å². The van der Waals surface area contributed by atoms with Gasteiger partial charge in [-0.25, -0.2) is 4.98 Å². The van der Waals surface area contributed by atoms with Crippen LogP contribution in [0.2, 0.25) is 0 Å². The van der Waals surface area contributed by atoms with Crippen molar-refractivity contribution in [3.05, 3.63) is 64.5 Å². The molecule has 2 aliphatic rings. The van der Waals surface area contributed by atoms with Gasteiger partial charge in [-0.3, -0.25) is 9.79 Å². The van der Waals surface area contributed by atoms with E-state index >= 15 is 0 Å². The van der Waals surface area contributed by atoms with Crippen LogP contribution < -0.4 is 15.3 Å². The molecule has 1 aromatic heterocycles. The summed E-state index contributed by atoms with van der Waals surface area (Å²) in [7, 11) is 0. The first-order chi connectivity index (χ1) is 12.9. The molecule has 0 saturated heterocycles. The molecule has 1 unspecified atom stereocenters. The Morgan fingerprint density at radius 1 is 1.15 bits per heavy atom. The molecule has 1 atom stereocenters. The van der Waals surface area contributed by atoms with Crippen LogP contribution in [-0.2, 0) is 4.79 Å². The lowest BCUT2D eigenvalue weighted by Crippen LogP contribution is -2.32. The van der Waals surface area contributed by atoms with Crippen LogP contribution >= 0.6 is 0 Å². The molecule has 0 amide bonds. The van der Waals surface area contributed by atoms with E-state index in [1.807, 2.05) is 42.5 Å². The zero-order valence-electron chi connectivity index (χ0n) is 15.3. The van der Waals surface area contributed by atoms with Gasteiger partial charge in [-0.05, 0) is 44.5 Å². The van der Waals surface area contributed by atoms with E-state index in [1.165, 1.54) is 0 Å². The van der Waals surface area contributed by atoms with E-state index in [1.54, 1.807) is 0 Å². The Labute approximate surface area is 155 Å². The standard InChI is InChI=1S/C22H18N2O3/c1-12-11-22(2,3)24-17-10-19-13(8-14(12)17)9-15(21(25)27-19)20-23-16-6-4-5-7-18(16)26-20/h4-11,15H,1-3H3. The molecule has 5 heteroatoms. The summed E-state index contributed by atoms with van der Waals surface area (Å²) in [5, 5.41) is 1.70. The molecule has 0 spiro atoms.